The summed E-state index contributed by atoms with van der Waals surface area (Å²) in [4.78, 5) is 37.6. The van der Waals surface area contributed by atoms with E-state index >= 15 is 0 Å². The Balaban J connectivity index is 1.53. The molecule has 1 amide bonds. The molecule has 0 saturated carbocycles. The Morgan fingerprint density at radius 3 is 2.45 bits per heavy atom. The summed E-state index contributed by atoms with van der Waals surface area (Å²) in [6.07, 6.45) is 9.99. The molecule has 1 aromatic carbocycles. The van der Waals surface area contributed by atoms with Crippen LogP contribution >= 0.6 is 11.8 Å². The molecule has 1 heterocycles. The molecule has 0 bridgehead atoms. The number of ether oxygens (including phenoxy) is 2. The van der Waals surface area contributed by atoms with Gasteiger partial charge >= 0.3 is 11.9 Å². The van der Waals surface area contributed by atoms with E-state index in [0.29, 0.717) is 38.6 Å². The maximum absolute atomic E-state index is 13.0. The quantitative estimate of drug-likeness (QED) is 0.149. The summed E-state index contributed by atoms with van der Waals surface area (Å²) in [5.74, 6) is 0.795. The number of rotatable bonds is 19. The Hall–Kier alpha value is -2.39. The van der Waals surface area contributed by atoms with Crippen LogP contribution in [0.15, 0.2) is 36.4 Å². The van der Waals surface area contributed by atoms with Crippen molar-refractivity contribution in [1.29, 1.82) is 0 Å². The van der Waals surface area contributed by atoms with Crippen molar-refractivity contribution in [3.8, 4) is 0 Å². The number of carbonyl (C=O) groups excluding carboxylic acids is 3. The average molecular weight is 552 g/mol. The predicted molar refractivity (Wildman–Crippen MR) is 147 cm³/mol. The maximum Gasteiger partial charge on any atom is 0.305 e. The van der Waals surface area contributed by atoms with E-state index in [0.717, 1.165) is 49.2 Å². The van der Waals surface area contributed by atoms with Crippen molar-refractivity contribution in [2.75, 3.05) is 31.3 Å². The van der Waals surface area contributed by atoms with Gasteiger partial charge in [0, 0.05) is 38.0 Å². The van der Waals surface area contributed by atoms with E-state index in [1.165, 1.54) is 12.1 Å². The summed E-state index contributed by atoms with van der Waals surface area (Å²) < 4.78 is 23.2. The third-order valence-electron chi connectivity index (χ3n) is 6.28. The Labute approximate surface area is 230 Å². The van der Waals surface area contributed by atoms with Crippen molar-refractivity contribution in [3.63, 3.8) is 0 Å². The Morgan fingerprint density at radius 2 is 1.76 bits per heavy atom. The van der Waals surface area contributed by atoms with E-state index in [1.807, 2.05) is 11.0 Å². The third kappa shape index (κ3) is 13.4. The molecule has 2 atom stereocenters. The second kappa shape index (κ2) is 18.8. The second-order valence-corrected chi connectivity index (χ2v) is 10.7. The fourth-order valence-electron chi connectivity index (χ4n) is 4.17. The zero-order valence-corrected chi connectivity index (χ0v) is 23.3. The Morgan fingerprint density at radius 1 is 1.08 bits per heavy atom. The van der Waals surface area contributed by atoms with Crippen molar-refractivity contribution >= 4 is 29.6 Å². The van der Waals surface area contributed by atoms with Gasteiger partial charge in [0.05, 0.1) is 12.1 Å². The molecule has 9 heteroatoms. The lowest BCUT2D eigenvalue weighted by Crippen LogP contribution is -2.34. The van der Waals surface area contributed by atoms with Gasteiger partial charge in [0.15, 0.2) is 0 Å². The minimum atomic E-state index is -0.699. The highest BCUT2D eigenvalue weighted by Crippen LogP contribution is 2.21. The van der Waals surface area contributed by atoms with E-state index < -0.39 is 6.10 Å². The largest absolute Gasteiger partial charge is 0.462 e. The van der Waals surface area contributed by atoms with Gasteiger partial charge in [0.2, 0.25) is 5.91 Å². The highest BCUT2D eigenvalue weighted by molar-refractivity contribution is 7.99. The van der Waals surface area contributed by atoms with Gasteiger partial charge in [-0.25, -0.2) is 4.39 Å². The lowest BCUT2D eigenvalue weighted by molar-refractivity contribution is -0.152. The number of carbonyl (C=O) groups is 3. The van der Waals surface area contributed by atoms with Crippen molar-refractivity contribution in [2.24, 2.45) is 0 Å². The molecule has 1 saturated heterocycles. The third-order valence-corrected chi connectivity index (χ3v) is 7.33. The molecule has 0 unspecified atom stereocenters. The van der Waals surface area contributed by atoms with Crippen LogP contribution in [0.2, 0.25) is 0 Å². The van der Waals surface area contributed by atoms with E-state index in [4.69, 9.17) is 9.47 Å². The molecule has 7 nitrogen and oxygen atoms in total. The summed E-state index contributed by atoms with van der Waals surface area (Å²) in [5.41, 5.74) is 0.847. The number of esters is 2. The number of amides is 1. The van der Waals surface area contributed by atoms with Gasteiger partial charge in [-0.15, -0.1) is 0 Å². The van der Waals surface area contributed by atoms with Crippen LogP contribution in [0.1, 0.15) is 70.3 Å². The number of hydrogen-bond donors (Lipinski definition) is 1. The van der Waals surface area contributed by atoms with Crippen LogP contribution in [0.25, 0.3) is 0 Å². The molecular weight excluding hydrogens is 509 g/mol. The van der Waals surface area contributed by atoms with Crippen LogP contribution in [0.3, 0.4) is 0 Å². The normalized spacial score (nSPS) is 16.2. The number of benzene rings is 1. The van der Waals surface area contributed by atoms with Gasteiger partial charge < -0.3 is 19.5 Å². The molecule has 212 valence electrons. The summed E-state index contributed by atoms with van der Waals surface area (Å²) in [7, 11) is 0. The van der Waals surface area contributed by atoms with Crippen LogP contribution in [-0.4, -0.2) is 71.3 Å². The van der Waals surface area contributed by atoms with Gasteiger partial charge in [0.1, 0.15) is 19.0 Å². The maximum atomic E-state index is 13.0. The number of halogens is 1. The van der Waals surface area contributed by atoms with Gasteiger partial charge in [-0.3, -0.25) is 14.4 Å². The SMILES string of the molecule is CCCCCCC(=O)OCCOC(=O)CCCSCCN1C(=O)CC[C@@H]1/C=C/[C@@H](O)Cc1ccc(F)cc1. The standard InChI is InChI=1S/C29H42FNO6S/c1-2-3-4-5-7-28(34)36-18-19-37-29(35)8-6-20-38-21-17-31-25(14-16-27(31)33)13-15-26(32)22-23-9-11-24(30)12-10-23/h9-13,15,25-26,32H,2-8,14,16-22H2,1H3/b15-13+/t25-,26+/m0/s1. The lowest BCUT2D eigenvalue weighted by atomic mass is 10.1. The highest BCUT2D eigenvalue weighted by atomic mass is 32.2. The van der Waals surface area contributed by atoms with E-state index in [9.17, 15) is 23.9 Å². The first-order chi connectivity index (χ1) is 18.4. The molecule has 0 aromatic heterocycles. The summed E-state index contributed by atoms with van der Waals surface area (Å²) in [6, 6.07) is 6.02. The zero-order valence-electron chi connectivity index (χ0n) is 22.4. The van der Waals surface area contributed by atoms with Crippen LogP contribution in [0.5, 0.6) is 0 Å². The number of likely N-dealkylation sites (tertiary alicyclic amines) is 1. The topological polar surface area (TPSA) is 93.1 Å². The van der Waals surface area contributed by atoms with Crippen molar-refractivity contribution in [3.05, 3.63) is 47.8 Å². The molecule has 1 aliphatic heterocycles. The highest BCUT2D eigenvalue weighted by Gasteiger charge is 2.28. The number of hydrogen-bond acceptors (Lipinski definition) is 7. The summed E-state index contributed by atoms with van der Waals surface area (Å²) in [6.45, 7) is 2.90. The molecule has 1 aromatic rings. The summed E-state index contributed by atoms with van der Waals surface area (Å²) >= 11 is 1.68. The number of aliphatic hydroxyl groups excluding tert-OH is 1. The Kier molecular flexibility index (Phi) is 15.7. The average Bonchev–Trinajstić information content (AvgIpc) is 3.25. The van der Waals surface area contributed by atoms with Crippen LogP contribution < -0.4 is 0 Å². The fourth-order valence-corrected chi connectivity index (χ4v) is 5.05. The van der Waals surface area contributed by atoms with Gasteiger partial charge in [-0.2, -0.15) is 11.8 Å². The molecule has 2 rings (SSSR count). The first-order valence-corrected chi connectivity index (χ1v) is 14.8. The lowest BCUT2D eigenvalue weighted by Gasteiger charge is -2.22. The Bertz CT molecular complexity index is 878. The van der Waals surface area contributed by atoms with Crippen molar-refractivity contribution < 1.29 is 33.4 Å². The van der Waals surface area contributed by atoms with Crippen LogP contribution in [0, 0.1) is 5.82 Å². The minimum absolute atomic E-state index is 0.0358. The van der Waals surface area contributed by atoms with Crippen molar-refractivity contribution in [1.82, 2.24) is 4.90 Å². The van der Waals surface area contributed by atoms with E-state index in [2.05, 4.69) is 6.92 Å². The number of aliphatic hydroxyl groups is 1. The first kappa shape index (κ1) is 31.8. The number of nitrogens with zero attached hydrogens (tertiary/aromatic N) is 1. The predicted octanol–water partition coefficient (Wildman–Crippen LogP) is 4.85. The molecule has 0 spiro atoms. The molecule has 0 radical (unpaired) electrons. The summed E-state index contributed by atoms with van der Waals surface area (Å²) in [5, 5.41) is 10.3. The van der Waals surface area contributed by atoms with Gasteiger partial charge in [-0.05, 0) is 42.7 Å². The molecule has 0 aliphatic carbocycles. The number of thioether (sulfide) groups is 1. The van der Waals surface area contributed by atoms with E-state index in [1.54, 1.807) is 30.0 Å². The molecular formula is C29H42FNO6S. The van der Waals surface area contributed by atoms with Crippen LogP contribution in [-0.2, 0) is 30.3 Å². The van der Waals surface area contributed by atoms with Crippen molar-refractivity contribution in [2.45, 2.75) is 83.3 Å². The molecule has 1 fully saturated rings. The second-order valence-electron chi connectivity index (χ2n) is 9.44. The zero-order chi connectivity index (χ0) is 27.6. The van der Waals surface area contributed by atoms with Crippen LogP contribution in [0.4, 0.5) is 4.39 Å². The number of unbranched alkanes of at least 4 members (excludes halogenated alkanes) is 3. The van der Waals surface area contributed by atoms with E-state index in [-0.39, 0.29) is 42.9 Å². The molecule has 1 aliphatic rings. The molecule has 38 heavy (non-hydrogen) atoms. The smallest absolute Gasteiger partial charge is 0.305 e. The monoisotopic (exact) mass is 551 g/mol. The fraction of sp³-hybridized carbons (Fsp3) is 0.621. The molecule has 1 N–H and O–H groups in total. The minimum Gasteiger partial charge on any atom is -0.462 e. The first-order valence-electron chi connectivity index (χ1n) is 13.7. The van der Waals surface area contributed by atoms with Gasteiger partial charge in [0.25, 0.3) is 0 Å². The van der Waals surface area contributed by atoms with Gasteiger partial charge in [-0.1, -0.05) is 50.5 Å².